The van der Waals surface area contributed by atoms with Crippen LogP contribution in [0.15, 0.2) is 47.4 Å². The molecule has 0 aliphatic carbocycles. The number of hydrogen-bond donors (Lipinski definition) is 0. The molecule has 0 bridgehead atoms. The van der Waals surface area contributed by atoms with Crippen LogP contribution in [0.25, 0.3) is 11.0 Å². The number of pyridine rings is 2. The van der Waals surface area contributed by atoms with E-state index in [9.17, 15) is 18.0 Å². The number of halogens is 3. The molecule has 1 aliphatic rings. The lowest BCUT2D eigenvalue weighted by molar-refractivity contribution is 0.174. The van der Waals surface area contributed by atoms with Crippen LogP contribution in [0.4, 0.5) is 13.2 Å². The van der Waals surface area contributed by atoms with Gasteiger partial charge in [0.2, 0.25) is 0 Å². The van der Waals surface area contributed by atoms with Crippen molar-refractivity contribution in [1.82, 2.24) is 14.5 Å². The fourth-order valence-electron chi connectivity index (χ4n) is 4.18. The summed E-state index contributed by atoms with van der Waals surface area (Å²) in [6.07, 6.45) is 4.91. The summed E-state index contributed by atoms with van der Waals surface area (Å²) in [5.41, 5.74) is 1.79. The van der Waals surface area contributed by atoms with Crippen LogP contribution in [-0.4, -0.2) is 34.1 Å². The Labute approximate surface area is 173 Å². The summed E-state index contributed by atoms with van der Waals surface area (Å²) < 4.78 is 41.6. The monoisotopic (exact) mass is 415 g/mol. The topological polar surface area (TPSA) is 38.1 Å². The molecular formula is C23H24F3N3O. The zero-order chi connectivity index (χ0) is 21.1. The number of piperidine rings is 1. The third-order valence-electron chi connectivity index (χ3n) is 5.98. The van der Waals surface area contributed by atoms with Crippen LogP contribution >= 0.6 is 0 Å². The highest BCUT2D eigenvalue weighted by molar-refractivity contribution is 5.74. The molecule has 0 atom stereocenters. The molecule has 1 aromatic carbocycles. The van der Waals surface area contributed by atoms with Gasteiger partial charge in [-0.1, -0.05) is 6.07 Å². The molecule has 4 nitrogen and oxygen atoms in total. The minimum atomic E-state index is -0.809. The minimum absolute atomic E-state index is 0.156. The van der Waals surface area contributed by atoms with E-state index < -0.39 is 17.5 Å². The summed E-state index contributed by atoms with van der Waals surface area (Å²) in [7, 11) is 0. The van der Waals surface area contributed by atoms with Crippen molar-refractivity contribution in [3.05, 3.63) is 76.0 Å². The van der Waals surface area contributed by atoms with Gasteiger partial charge in [0.15, 0.2) is 11.6 Å². The van der Waals surface area contributed by atoms with Gasteiger partial charge in [-0.05, 0) is 68.5 Å². The standard InChI is InChI=1S/C23H24F3N3O/c24-18-14-22-21(27-15-18)5-6-23(30)29(22)12-11-28-9-7-16(8-10-28)1-2-17-3-4-19(25)20(26)13-17/h3-6,13-16H,1-2,7-12H2. The summed E-state index contributed by atoms with van der Waals surface area (Å²) in [6, 6.07) is 8.55. The first-order chi connectivity index (χ1) is 14.5. The molecule has 2 aromatic heterocycles. The molecule has 0 N–H and O–H groups in total. The summed E-state index contributed by atoms with van der Waals surface area (Å²) in [4.78, 5) is 18.6. The van der Waals surface area contributed by atoms with Gasteiger partial charge in [-0.25, -0.2) is 13.2 Å². The summed E-state index contributed by atoms with van der Waals surface area (Å²) >= 11 is 0. The van der Waals surface area contributed by atoms with E-state index in [-0.39, 0.29) is 5.56 Å². The number of aromatic nitrogens is 2. The number of rotatable bonds is 6. The lowest BCUT2D eigenvalue weighted by Crippen LogP contribution is -2.37. The molecular weight excluding hydrogens is 391 g/mol. The number of fused-ring (bicyclic) bond motifs is 1. The predicted octanol–water partition coefficient (Wildman–Crippen LogP) is 4.16. The van der Waals surface area contributed by atoms with E-state index in [1.807, 2.05) is 0 Å². The van der Waals surface area contributed by atoms with Crippen molar-refractivity contribution in [3.63, 3.8) is 0 Å². The summed E-state index contributed by atoms with van der Waals surface area (Å²) in [5.74, 6) is -1.51. The summed E-state index contributed by atoms with van der Waals surface area (Å²) in [6.45, 7) is 3.05. The molecule has 0 amide bonds. The smallest absolute Gasteiger partial charge is 0.251 e. The van der Waals surface area contributed by atoms with Gasteiger partial charge in [0.05, 0.1) is 17.2 Å². The van der Waals surface area contributed by atoms with Crippen LogP contribution in [0.3, 0.4) is 0 Å². The molecule has 1 aliphatic heterocycles. The Morgan fingerprint density at radius 3 is 2.53 bits per heavy atom. The van der Waals surface area contributed by atoms with Gasteiger partial charge >= 0.3 is 0 Å². The van der Waals surface area contributed by atoms with E-state index >= 15 is 0 Å². The largest absolute Gasteiger partial charge is 0.305 e. The zero-order valence-corrected chi connectivity index (χ0v) is 16.7. The Morgan fingerprint density at radius 2 is 1.77 bits per heavy atom. The molecule has 7 heteroatoms. The van der Waals surface area contributed by atoms with E-state index in [0.717, 1.165) is 50.5 Å². The fraction of sp³-hybridized carbons (Fsp3) is 0.391. The molecule has 1 fully saturated rings. The van der Waals surface area contributed by atoms with Crippen LogP contribution in [0.1, 0.15) is 24.8 Å². The second-order valence-corrected chi connectivity index (χ2v) is 7.95. The van der Waals surface area contributed by atoms with Crippen LogP contribution in [-0.2, 0) is 13.0 Å². The van der Waals surface area contributed by atoms with Gasteiger partial charge in [-0.3, -0.25) is 9.78 Å². The first-order valence-corrected chi connectivity index (χ1v) is 10.3. The molecule has 0 radical (unpaired) electrons. The SMILES string of the molecule is O=c1ccc2ncc(F)cc2n1CCN1CCC(CCc2ccc(F)c(F)c2)CC1. The Kier molecular flexibility index (Phi) is 6.18. The second kappa shape index (κ2) is 9.00. The first-order valence-electron chi connectivity index (χ1n) is 10.3. The van der Waals surface area contributed by atoms with Crippen molar-refractivity contribution >= 4 is 11.0 Å². The number of likely N-dealkylation sites (tertiary alicyclic amines) is 1. The Bertz CT molecular complexity index is 1090. The average molecular weight is 415 g/mol. The van der Waals surface area contributed by atoms with E-state index in [2.05, 4.69) is 9.88 Å². The number of benzene rings is 1. The minimum Gasteiger partial charge on any atom is -0.305 e. The molecule has 0 spiro atoms. The van der Waals surface area contributed by atoms with Crippen molar-refractivity contribution in [2.45, 2.75) is 32.2 Å². The molecule has 0 saturated carbocycles. The molecule has 3 aromatic rings. The molecule has 3 heterocycles. The van der Waals surface area contributed by atoms with Gasteiger partial charge in [-0.15, -0.1) is 0 Å². The number of hydrogen-bond acceptors (Lipinski definition) is 3. The fourth-order valence-corrected chi connectivity index (χ4v) is 4.18. The van der Waals surface area contributed by atoms with E-state index in [1.165, 1.54) is 24.3 Å². The quantitative estimate of drug-likeness (QED) is 0.607. The third kappa shape index (κ3) is 4.73. The van der Waals surface area contributed by atoms with Crippen molar-refractivity contribution in [2.24, 2.45) is 5.92 Å². The molecule has 158 valence electrons. The normalized spacial score (nSPS) is 15.7. The van der Waals surface area contributed by atoms with Crippen LogP contribution < -0.4 is 5.56 Å². The maximum Gasteiger partial charge on any atom is 0.251 e. The highest BCUT2D eigenvalue weighted by atomic mass is 19.2. The highest BCUT2D eigenvalue weighted by Gasteiger charge is 2.19. The first kappa shape index (κ1) is 20.6. The van der Waals surface area contributed by atoms with E-state index in [1.54, 1.807) is 16.7 Å². The second-order valence-electron chi connectivity index (χ2n) is 7.95. The van der Waals surface area contributed by atoms with Crippen molar-refractivity contribution < 1.29 is 13.2 Å². The molecule has 0 unspecified atom stereocenters. The predicted molar refractivity (Wildman–Crippen MR) is 110 cm³/mol. The third-order valence-corrected chi connectivity index (χ3v) is 5.98. The Balaban J connectivity index is 1.30. The van der Waals surface area contributed by atoms with Crippen LogP contribution in [0.5, 0.6) is 0 Å². The van der Waals surface area contributed by atoms with Crippen LogP contribution in [0.2, 0.25) is 0 Å². The lowest BCUT2D eigenvalue weighted by atomic mass is 9.90. The van der Waals surface area contributed by atoms with Crippen molar-refractivity contribution in [3.8, 4) is 0 Å². The van der Waals surface area contributed by atoms with E-state index in [0.29, 0.717) is 30.0 Å². The van der Waals surface area contributed by atoms with Crippen molar-refractivity contribution in [1.29, 1.82) is 0 Å². The lowest BCUT2D eigenvalue weighted by Gasteiger charge is -2.32. The van der Waals surface area contributed by atoms with Crippen molar-refractivity contribution in [2.75, 3.05) is 19.6 Å². The zero-order valence-electron chi connectivity index (χ0n) is 16.7. The van der Waals surface area contributed by atoms with Gasteiger partial charge in [0, 0.05) is 25.2 Å². The number of nitrogens with zero attached hydrogens (tertiary/aromatic N) is 3. The summed E-state index contributed by atoms with van der Waals surface area (Å²) in [5, 5.41) is 0. The average Bonchev–Trinajstić information content (AvgIpc) is 2.74. The van der Waals surface area contributed by atoms with Gasteiger partial charge in [-0.2, -0.15) is 0 Å². The molecule has 4 rings (SSSR count). The molecule has 1 saturated heterocycles. The molecule has 30 heavy (non-hydrogen) atoms. The maximum absolute atomic E-state index is 13.6. The Hall–Kier alpha value is -2.67. The van der Waals surface area contributed by atoms with Gasteiger partial charge < -0.3 is 9.47 Å². The van der Waals surface area contributed by atoms with Gasteiger partial charge in [0.25, 0.3) is 5.56 Å². The number of aryl methyl sites for hydroxylation is 1. The maximum atomic E-state index is 13.6. The Morgan fingerprint density at radius 1 is 0.967 bits per heavy atom. The van der Waals surface area contributed by atoms with Gasteiger partial charge in [0.1, 0.15) is 5.82 Å². The van der Waals surface area contributed by atoms with Crippen LogP contribution in [0, 0.1) is 23.4 Å². The highest BCUT2D eigenvalue weighted by Crippen LogP contribution is 2.23. The van der Waals surface area contributed by atoms with E-state index in [4.69, 9.17) is 0 Å².